The van der Waals surface area contributed by atoms with E-state index in [1.807, 2.05) is 4.90 Å². The number of nitrogens with one attached hydrogen (secondary N) is 1. The highest BCUT2D eigenvalue weighted by molar-refractivity contribution is 5.77. The minimum Gasteiger partial charge on any atom is -0.336 e. The summed E-state index contributed by atoms with van der Waals surface area (Å²) in [6.07, 6.45) is 4.98. The number of hydrogen-bond acceptors (Lipinski definition) is 3. The Morgan fingerprint density at radius 2 is 2.06 bits per heavy atom. The predicted octanol–water partition coefficient (Wildman–Crippen LogP) is -0.0343. The molecule has 2 heterocycles. The number of amides is 2. The lowest BCUT2D eigenvalue weighted by Crippen LogP contribution is -2.59. The Kier molecular flexibility index (Phi) is 2.96. The first-order valence-corrected chi connectivity index (χ1v) is 6.80. The zero-order chi connectivity index (χ0) is 11.8. The molecule has 3 unspecified atom stereocenters. The van der Waals surface area contributed by atoms with E-state index in [0.717, 1.165) is 32.6 Å². The van der Waals surface area contributed by atoms with Crippen molar-refractivity contribution in [3.05, 3.63) is 0 Å². The van der Waals surface area contributed by atoms with Crippen LogP contribution >= 0.6 is 0 Å². The highest BCUT2D eigenvalue weighted by Crippen LogP contribution is 2.25. The minimum absolute atomic E-state index is 0.114. The summed E-state index contributed by atoms with van der Waals surface area (Å²) >= 11 is 0. The molecule has 0 aromatic heterocycles. The summed E-state index contributed by atoms with van der Waals surface area (Å²) in [6, 6.07) is 1.36. The third kappa shape index (κ3) is 2.02. The molecule has 5 nitrogen and oxygen atoms in total. The van der Waals surface area contributed by atoms with Gasteiger partial charge >= 0.3 is 6.03 Å². The first kappa shape index (κ1) is 11.3. The Labute approximate surface area is 102 Å². The van der Waals surface area contributed by atoms with Crippen molar-refractivity contribution in [2.45, 2.75) is 43.8 Å². The van der Waals surface area contributed by atoms with Crippen molar-refractivity contribution in [1.29, 1.82) is 0 Å². The highest BCUT2D eigenvalue weighted by Gasteiger charge is 2.38. The molecule has 3 fully saturated rings. The molecule has 2 amide bonds. The third-order valence-electron chi connectivity index (χ3n) is 4.51. The number of urea groups is 1. The van der Waals surface area contributed by atoms with Crippen LogP contribution in [0.5, 0.6) is 0 Å². The van der Waals surface area contributed by atoms with Gasteiger partial charge in [0.1, 0.15) is 0 Å². The van der Waals surface area contributed by atoms with Gasteiger partial charge in [-0.3, -0.25) is 4.90 Å². The first-order chi connectivity index (χ1) is 8.25. The fourth-order valence-corrected chi connectivity index (χ4v) is 3.52. The van der Waals surface area contributed by atoms with Crippen molar-refractivity contribution in [2.24, 2.45) is 5.73 Å². The lowest BCUT2D eigenvalue weighted by Gasteiger charge is -2.44. The molecule has 1 aliphatic carbocycles. The van der Waals surface area contributed by atoms with E-state index in [1.54, 1.807) is 0 Å². The van der Waals surface area contributed by atoms with Crippen molar-refractivity contribution >= 4 is 6.03 Å². The van der Waals surface area contributed by atoms with E-state index in [2.05, 4.69) is 10.2 Å². The van der Waals surface area contributed by atoms with Crippen LogP contribution in [0.2, 0.25) is 0 Å². The number of carbonyl (C=O) groups is 1. The largest absolute Gasteiger partial charge is 0.336 e. The van der Waals surface area contributed by atoms with Gasteiger partial charge in [0.25, 0.3) is 0 Å². The fraction of sp³-hybridized carbons (Fsp3) is 0.917. The summed E-state index contributed by atoms with van der Waals surface area (Å²) in [6.45, 7) is 3.65. The van der Waals surface area contributed by atoms with Gasteiger partial charge in [-0.25, -0.2) is 4.79 Å². The molecule has 3 rings (SSSR count). The second-order valence-electron chi connectivity index (χ2n) is 5.54. The highest BCUT2D eigenvalue weighted by atomic mass is 16.2. The summed E-state index contributed by atoms with van der Waals surface area (Å²) in [7, 11) is 0. The molecule has 3 N–H and O–H groups in total. The van der Waals surface area contributed by atoms with Crippen LogP contribution in [0.25, 0.3) is 0 Å². The Bertz CT molecular complexity index is 309. The quantitative estimate of drug-likeness (QED) is 0.674. The van der Waals surface area contributed by atoms with E-state index in [-0.39, 0.29) is 6.03 Å². The van der Waals surface area contributed by atoms with Crippen LogP contribution < -0.4 is 11.1 Å². The van der Waals surface area contributed by atoms with E-state index < -0.39 is 0 Å². The molecule has 2 saturated heterocycles. The van der Waals surface area contributed by atoms with Gasteiger partial charge < -0.3 is 16.0 Å². The number of hydrogen-bond donors (Lipinski definition) is 2. The average Bonchev–Trinajstić information content (AvgIpc) is 2.71. The van der Waals surface area contributed by atoms with Gasteiger partial charge in [0.05, 0.1) is 6.04 Å². The lowest BCUT2D eigenvalue weighted by molar-refractivity contribution is 0.0634. The number of piperazine rings is 1. The van der Waals surface area contributed by atoms with Crippen LogP contribution in [0, 0.1) is 0 Å². The van der Waals surface area contributed by atoms with Gasteiger partial charge in [-0.15, -0.1) is 0 Å². The zero-order valence-corrected chi connectivity index (χ0v) is 10.3. The van der Waals surface area contributed by atoms with Crippen molar-refractivity contribution in [3.63, 3.8) is 0 Å². The normalized spacial score (nSPS) is 39.0. The van der Waals surface area contributed by atoms with Crippen molar-refractivity contribution < 1.29 is 4.79 Å². The number of nitrogens with zero attached hydrogens (tertiary/aromatic N) is 2. The Morgan fingerprint density at radius 1 is 1.24 bits per heavy atom. The standard InChI is InChI=1S/C12H22N4O/c13-10-3-1-2-4-11(10)15-5-6-16-9(8-15)7-14-12(16)17/h9-11H,1-8,13H2,(H,14,17). The fourth-order valence-electron chi connectivity index (χ4n) is 3.52. The molecule has 3 atom stereocenters. The summed E-state index contributed by atoms with van der Waals surface area (Å²) in [4.78, 5) is 16.0. The molecule has 17 heavy (non-hydrogen) atoms. The second-order valence-corrected chi connectivity index (χ2v) is 5.54. The van der Waals surface area contributed by atoms with Gasteiger partial charge in [0, 0.05) is 38.3 Å². The summed E-state index contributed by atoms with van der Waals surface area (Å²) in [5.41, 5.74) is 6.24. The van der Waals surface area contributed by atoms with Gasteiger partial charge in [-0.05, 0) is 12.8 Å². The second kappa shape index (κ2) is 4.46. The average molecular weight is 238 g/mol. The van der Waals surface area contributed by atoms with E-state index in [9.17, 15) is 4.79 Å². The zero-order valence-electron chi connectivity index (χ0n) is 10.3. The van der Waals surface area contributed by atoms with E-state index >= 15 is 0 Å². The van der Waals surface area contributed by atoms with Crippen LogP contribution in [-0.4, -0.2) is 60.1 Å². The molecular weight excluding hydrogens is 216 g/mol. The van der Waals surface area contributed by atoms with Crippen LogP contribution in [0.3, 0.4) is 0 Å². The van der Waals surface area contributed by atoms with E-state index in [1.165, 1.54) is 19.3 Å². The summed E-state index contributed by atoms with van der Waals surface area (Å²) < 4.78 is 0. The smallest absolute Gasteiger partial charge is 0.317 e. The maximum Gasteiger partial charge on any atom is 0.317 e. The number of rotatable bonds is 1. The third-order valence-corrected chi connectivity index (χ3v) is 4.51. The van der Waals surface area contributed by atoms with E-state index in [0.29, 0.717) is 18.1 Å². The van der Waals surface area contributed by atoms with Crippen molar-refractivity contribution in [3.8, 4) is 0 Å². The van der Waals surface area contributed by atoms with Crippen LogP contribution in [0.1, 0.15) is 25.7 Å². The molecule has 3 aliphatic rings. The molecular formula is C12H22N4O. The molecule has 1 saturated carbocycles. The maximum absolute atomic E-state index is 11.5. The monoisotopic (exact) mass is 238 g/mol. The van der Waals surface area contributed by atoms with Gasteiger partial charge in [-0.1, -0.05) is 12.8 Å². The van der Waals surface area contributed by atoms with Gasteiger partial charge in [0.15, 0.2) is 0 Å². The summed E-state index contributed by atoms with van der Waals surface area (Å²) in [5.74, 6) is 0. The van der Waals surface area contributed by atoms with Crippen LogP contribution in [0.4, 0.5) is 4.79 Å². The van der Waals surface area contributed by atoms with Gasteiger partial charge in [0.2, 0.25) is 0 Å². The molecule has 0 spiro atoms. The predicted molar refractivity (Wildman–Crippen MR) is 65.7 cm³/mol. The number of fused-ring (bicyclic) bond motifs is 1. The van der Waals surface area contributed by atoms with E-state index in [4.69, 9.17) is 5.73 Å². The lowest BCUT2D eigenvalue weighted by atomic mass is 9.89. The SMILES string of the molecule is NC1CCCCC1N1CCN2C(=O)NCC2C1. The Hall–Kier alpha value is -0.810. The minimum atomic E-state index is 0.114. The molecule has 5 heteroatoms. The topological polar surface area (TPSA) is 61.6 Å². The molecule has 96 valence electrons. The Morgan fingerprint density at radius 3 is 2.88 bits per heavy atom. The number of carbonyl (C=O) groups excluding carboxylic acids is 1. The Balaban J connectivity index is 1.64. The molecule has 0 radical (unpaired) electrons. The van der Waals surface area contributed by atoms with Crippen molar-refractivity contribution in [2.75, 3.05) is 26.2 Å². The first-order valence-electron chi connectivity index (χ1n) is 6.80. The van der Waals surface area contributed by atoms with Crippen LogP contribution in [0.15, 0.2) is 0 Å². The molecule has 2 aliphatic heterocycles. The summed E-state index contributed by atoms with van der Waals surface area (Å²) in [5, 5.41) is 2.93. The molecule has 0 aromatic carbocycles. The maximum atomic E-state index is 11.5. The number of nitrogens with two attached hydrogens (primary N) is 1. The molecule has 0 bridgehead atoms. The van der Waals surface area contributed by atoms with Crippen LogP contribution in [-0.2, 0) is 0 Å². The van der Waals surface area contributed by atoms with Gasteiger partial charge in [-0.2, -0.15) is 0 Å². The van der Waals surface area contributed by atoms with Crippen molar-refractivity contribution in [1.82, 2.24) is 15.1 Å². The molecule has 0 aromatic rings.